The Labute approximate surface area is 210 Å². The lowest BCUT2D eigenvalue weighted by atomic mass is 9.71. The summed E-state index contributed by atoms with van der Waals surface area (Å²) in [6.45, 7) is 3.69. The molecule has 0 radical (unpaired) electrons. The average molecular weight is 496 g/mol. The highest BCUT2D eigenvalue weighted by atomic mass is 19.1. The van der Waals surface area contributed by atoms with E-state index in [0.29, 0.717) is 29.8 Å². The van der Waals surface area contributed by atoms with E-state index in [2.05, 4.69) is 43.9 Å². The lowest BCUT2D eigenvalue weighted by molar-refractivity contribution is 0.0776. The average Bonchev–Trinajstić information content (AvgIpc) is 3.38. The number of nitrogens with zero attached hydrogens (tertiary/aromatic N) is 4. The molecule has 10 heteroatoms. The number of alkyl halides is 1. The van der Waals surface area contributed by atoms with E-state index in [4.69, 9.17) is 15.2 Å². The van der Waals surface area contributed by atoms with Gasteiger partial charge in [-0.3, -0.25) is 4.68 Å². The van der Waals surface area contributed by atoms with Crippen molar-refractivity contribution in [2.24, 2.45) is 11.3 Å². The zero-order chi connectivity index (χ0) is 24.7. The Bertz CT molecular complexity index is 1240. The summed E-state index contributed by atoms with van der Waals surface area (Å²) in [6, 6.07) is 6.80. The molecule has 2 saturated carbocycles. The highest BCUT2D eigenvalue weighted by molar-refractivity contribution is 5.86. The zero-order valence-electron chi connectivity index (χ0n) is 20.7. The normalized spacial score (nSPS) is 25.7. The molecule has 2 aromatic heterocycles. The van der Waals surface area contributed by atoms with Crippen LogP contribution in [0.4, 0.5) is 16.2 Å². The van der Waals surface area contributed by atoms with Crippen LogP contribution in [0, 0.1) is 11.3 Å². The maximum Gasteiger partial charge on any atom is 0.222 e. The van der Waals surface area contributed by atoms with Gasteiger partial charge < -0.3 is 25.8 Å². The molecule has 4 N–H and O–H groups in total. The van der Waals surface area contributed by atoms with Crippen molar-refractivity contribution in [2.45, 2.75) is 57.4 Å². The van der Waals surface area contributed by atoms with Crippen LogP contribution in [0.15, 0.2) is 24.4 Å². The topological polar surface area (TPSA) is 112 Å². The van der Waals surface area contributed by atoms with Crippen molar-refractivity contribution in [1.82, 2.24) is 25.1 Å². The van der Waals surface area contributed by atoms with Crippen molar-refractivity contribution in [3.05, 3.63) is 35.5 Å². The molecule has 3 fully saturated rings. The van der Waals surface area contributed by atoms with Gasteiger partial charge in [-0.1, -0.05) is 12.1 Å². The number of anilines is 2. The van der Waals surface area contributed by atoms with E-state index in [-0.39, 0.29) is 11.4 Å². The summed E-state index contributed by atoms with van der Waals surface area (Å²) in [4.78, 5) is 8.84. The first-order chi connectivity index (χ1) is 17.5. The van der Waals surface area contributed by atoms with Gasteiger partial charge in [0.2, 0.25) is 5.95 Å². The van der Waals surface area contributed by atoms with Crippen molar-refractivity contribution in [3.8, 4) is 5.75 Å². The van der Waals surface area contributed by atoms with Gasteiger partial charge in [-0.15, -0.1) is 0 Å². The Hall–Kier alpha value is -2.98. The van der Waals surface area contributed by atoms with Gasteiger partial charge in [0.15, 0.2) is 5.82 Å². The van der Waals surface area contributed by atoms with Gasteiger partial charge in [-0.2, -0.15) is 10.1 Å². The molecule has 6 rings (SSSR count). The van der Waals surface area contributed by atoms with Crippen molar-refractivity contribution in [3.63, 3.8) is 0 Å². The number of halogens is 1. The molecule has 1 saturated heterocycles. The summed E-state index contributed by atoms with van der Waals surface area (Å²) in [6.07, 6.45) is 5.82. The molecular weight excluding hydrogens is 461 g/mol. The number of hydrogen-bond donors (Lipinski definition) is 3. The number of aromatic nitrogens is 4. The van der Waals surface area contributed by atoms with Crippen LogP contribution in [-0.4, -0.2) is 58.8 Å². The van der Waals surface area contributed by atoms with E-state index in [1.807, 2.05) is 4.68 Å². The Morgan fingerprint density at radius 3 is 2.78 bits per heavy atom. The van der Waals surface area contributed by atoms with Crippen LogP contribution in [0.5, 0.6) is 5.75 Å². The molecular formula is C26H34FN7O2. The van der Waals surface area contributed by atoms with Gasteiger partial charge in [0.05, 0.1) is 19.9 Å². The first-order valence-corrected chi connectivity index (χ1v) is 12.9. The smallest absolute Gasteiger partial charge is 0.222 e. The maximum atomic E-state index is 13.6. The molecule has 192 valence electrons. The Morgan fingerprint density at radius 1 is 1.22 bits per heavy atom. The minimum Gasteiger partial charge on any atom is -0.496 e. The molecule has 1 aliphatic heterocycles. The van der Waals surface area contributed by atoms with Crippen molar-refractivity contribution in [1.29, 1.82) is 0 Å². The van der Waals surface area contributed by atoms with Crippen LogP contribution in [-0.2, 0) is 17.8 Å². The summed E-state index contributed by atoms with van der Waals surface area (Å²) < 4.78 is 26.6. The summed E-state index contributed by atoms with van der Waals surface area (Å²) in [5, 5.41) is 11.7. The van der Waals surface area contributed by atoms with Crippen LogP contribution in [0.2, 0.25) is 0 Å². The van der Waals surface area contributed by atoms with Crippen LogP contribution in [0.1, 0.15) is 43.2 Å². The maximum absolute atomic E-state index is 13.6. The van der Waals surface area contributed by atoms with Crippen LogP contribution < -0.4 is 21.1 Å². The summed E-state index contributed by atoms with van der Waals surface area (Å²) in [7, 11) is 1.69. The number of rotatable bonds is 9. The number of hydrogen-bond acceptors (Lipinski definition) is 8. The third-order valence-corrected chi connectivity index (χ3v) is 8.03. The second-order valence-electron chi connectivity index (χ2n) is 10.6. The van der Waals surface area contributed by atoms with Crippen molar-refractivity contribution < 1.29 is 13.9 Å². The summed E-state index contributed by atoms with van der Waals surface area (Å²) in [5.74, 6) is 2.15. The molecule has 3 aromatic rings. The second kappa shape index (κ2) is 9.48. The number of benzene rings is 1. The fourth-order valence-electron chi connectivity index (χ4n) is 5.81. The number of nitrogen functional groups attached to an aromatic ring is 1. The van der Waals surface area contributed by atoms with Crippen LogP contribution in [0.25, 0.3) is 11.0 Å². The largest absolute Gasteiger partial charge is 0.496 e. The molecule has 1 atom stereocenters. The number of methoxy groups -OCH3 is 1. The Kier molecular flexibility index (Phi) is 6.17. The lowest BCUT2D eigenvalue weighted by Gasteiger charge is -2.35. The predicted octanol–water partition coefficient (Wildman–Crippen LogP) is 3.28. The highest BCUT2D eigenvalue weighted by Crippen LogP contribution is 2.64. The monoisotopic (exact) mass is 495 g/mol. The van der Waals surface area contributed by atoms with Gasteiger partial charge in [0, 0.05) is 43.3 Å². The molecule has 3 heterocycles. The SMILES string of the molecule is COc1cc(CNC2CCOCC2)ccc1Cn1ncc2nc(N)nc(NCC3CC4(C3)CC4F)c21. The molecule has 36 heavy (non-hydrogen) atoms. The van der Waals surface area contributed by atoms with E-state index in [1.165, 1.54) is 5.56 Å². The zero-order valence-corrected chi connectivity index (χ0v) is 20.7. The minimum atomic E-state index is -0.601. The van der Waals surface area contributed by atoms with Crippen LogP contribution >= 0.6 is 0 Å². The molecule has 1 spiro atoms. The molecule has 0 amide bonds. The molecule has 1 unspecified atom stereocenters. The predicted molar refractivity (Wildman–Crippen MR) is 136 cm³/mol. The van der Waals surface area contributed by atoms with Gasteiger partial charge in [0.25, 0.3) is 0 Å². The quantitative estimate of drug-likeness (QED) is 0.415. The summed E-state index contributed by atoms with van der Waals surface area (Å²) >= 11 is 0. The minimum absolute atomic E-state index is 0.0167. The molecule has 0 bridgehead atoms. The molecule has 3 aliphatic rings. The summed E-state index contributed by atoms with van der Waals surface area (Å²) in [5.41, 5.74) is 9.65. The number of nitrogens with two attached hydrogens (primary N) is 1. The fourth-order valence-corrected chi connectivity index (χ4v) is 5.81. The van der Waals surface area contributed by atoms with E-state index >= 15 is 0 Å². The number of ether oxygens (including phenoxy) is 2. The molecule has 2 aliphatic carbocycles. The number of nitrogens with one attached hydrogen (secondary N) is 2. The number of fused-ring (bicyclic) bond motifs is 1. The Balaban J connectivity index is 1.17. The molecule has 9 nitrogen and oxygen atoms in total. The van der Waals surface area contributed by atoms with Gasteiger partial charge in [-0.05, 0) is 49.7 Å². The van der Waals surface area contributed by atoms with E-state index < -0.39 is 6.17 Å². The van der Waals surface area contributed by atoms with Crippen molar-refractivity contribution in [2.75, 3.05) is 37.9 Å². The second-order valence-corrected chi connectivity index (χ2v) is 10.6. The third kappa shape index (κ3) is 4.59. The van der Waals surface area contributed by atoms with E-state index in [1.54, 1.807) is 13.3 Å². The fraction of sp³-hybridized carbons (Fsp3) is 0.577. The highest BCUT2D eigenvalue weighted by Gasteiger charge is 2.62. The van der Waals surface area contributed by atoms with Crippen molar-refractivity contribution >= 4 is 22.8 Å². The first-order valence-electron chi connectivity index (χ1n) is 12.9. The first kappa shape index (κ1) is 23.4. The van der Waals surface area contributed by atoms with Gasteiger partial charge >= 0.3 is 0 Å². The lowest BCUT2D eigenvalue weighted by Crippen LogP contribution is -2.34. The molecule has 1 aromatic carbocycles. The third-order valence-electron chi connectivity index (χ3n) is 8.03. The van der Waals surface area contributed by atoms with Gasteiger partial charge in [-0.25, -0.2) is 9.37 Å². The van der Waals surface area contributed by atoms with Crippen LogP contribution in [0.3, 0.4) is 0 Å². The van der Waals surface area contributed by atoms with E-state index in [0.717, 1.165) is 75.2 Å². The standard InChI is InChI=1S/C26H34FN7O2/c1-35-21-8-16(12-29-19-4-6-36-7-5-19)2-3-18(21)15-34-23-20(14-31-34)32-25(28)33-24(23)30-13-17-9-26(10-17)11-22(26)27/h2-3,8,14,17,19,22,29H,4-7,9-13,15H2,1H3,(H3,28,30,32,33). The Morgan fingerprint density at radius 2 is 2.03 bits per heavy atom. The van der Waals surface area contributed by atoms with Gasteiger partial charge in [0.1, 0.15) is 23.0 Å². The van der Waals surface area contributed by atoms with E-state index in [9.17, 15) is 4.39 Å².